The molecule has 6 nitrogen and oxygen atoms in total. The van der Waals surface area contributed by atoms with Gasteiger partial charge in [0.1, 0.15) is 5.75 Å². The summed E-state index contributed by atoms with van der Waals surface area (Å²) < 4.78 is 6.94. The number of hydrogen-bond acceptors (Lipinski definition) is 4. The molecule has 30 heavy (non-hydrogen) atoms. The van der Waals surface area contributed by atoms with Crippen molar-refractivity contribution in [2.75, 3.05) is 12.4 Å². The van der Waals surface area contributed by atoms with Gasteiger partial charge in [-0.1, -0.05) is 47.5 Å². The number of aromatic nitrogens is 3. The van der Waals surface area contributed by atoms with Crippen LogP contribution in [0.3, 0.4) is 0 Å². The molecule has 0 aliphatic heterocycles. The second kappa shape index (κ2) is 8.39. The number of halogens is 1. The van der Waals surface area contributed by atoms with Gasteiger partial charge in [-0.2, -0.15) is 0 Å². The fourth-order valence-electron chi connectivity index (χ4n) is 3.07. The van der Waals surface area contributed by atoms with Crippen LogP contribution in [-0.4, -0.2) is 27.8 Å². The zero-order valence-electron chi connectivity index (χ0n) is 16.5. The third-order valence-electron chi connectivity index (χ3n) is 4.51. The molecule has 1 heterocycles. The molecule has 0 aliphatic carbocycles. The number of ether oxygens (including phenoxy) is 1. The second-order valence-corrected chi connectivity index (χ2v) is 7.11. The summed E-state index contributed by atoms with van der Waals surface area (Å²) in [7, 11) is 1.55. The maximum atomic E-state index is 12.9. The van der Waals surface area contributed by atoms with Crippen LogP contribution in [-0.2, 0) is 0 Å². The molecule has 0 saturated carbocycles. The Balaban J connectivity index is 1.76. The summed E-state index contributed by atoms with van der Waals surface area (Å²) in [5.41, 5.74) is 3.23. The molecule has 0 atom stereocenters. The van der Waals surface area contributed by atoms with E-state index in [-0.39, 0.29) is 5.82 Å². The van der Waals surface area contributed by atoms with Gasteiger partial charge in [0, 0.05) is 10.6 Å². The minimum absolute atomic E-state index is 0.0485. The molecule has 0 spiro atoms. The van der Waals surface area contributed by atoms with Gasteiger partial charge in [-0.05, 0) is 49.4 Å². The van der Waals surface area contributed by atoms with E-state index >= 15 is 0 Å². The maximum Gasteiger partial charge on any atom is 0.295 e. The van der Waals surface area contributed by atoms with Crippen LogP contribution in [0.1, 0.15) is 16.2 Å². The van der Waals surface area contributed by atoms with E-state index < -0.39 is 5.91 Å². The third-order valence-corrected chi connectivity index (χ3v) is 4.76. The molecule has 4 aromatic rings. The first kappa shape index (κ1) is 19.7. The number of benzene rings is 3. The molecule has 150 valence electrons. The van der Waals surface area contributed by atoms with Crippen molar-refractivity contribution in [3.8, 4) is 22.8 Å². The lowest BCUT2D eigenvalue weighted by Gasteiger charge is -2.08. The summed E-state index contributed by atoms with van der Waals surface area (Å²) in [5, 5.41) is 7.91. The molecule has 1 aromatic heterocycles. The van der Waals surface area contributed by atoms with Gasteiger partial charge in [0.05, 0.1) is 18.5 Å². The Hall–Kier alpha value is -3.64. The Kier molecular flexibility index (Phi) is 5.50. The number of nitrogens with zero attached hydrogens (tertiary/aromatic N) is 3. The van der Waals surface area contributed by atoms with Gasteiger partial charge in [-0.3, -0.25) is 4.79 Å². The standard InChI is InChI=1S/C23H19ClN4O2/c1-15-6-5-7-16(14-15)22-26-21(27-28(22)18-12-10-17(24)11-13-18)23(29)25-19-8-3-4-9-20(19)30-2/h3-14H,1-2H3,(H,25,29). The Bertz CT molecular complexity index is 1200. The number of carbonyl (C=O) groups excluding carboxylic acids is 1. The van der Waals surface area contributed by atoms with E-state index in [1.54, 1.807) is 36.1 Å². The highest BCUT2D eigenvalue weighted by Gasteiger charge is 2.20. The summed E-state index contributed by atoms with van der Waals surface area (Å²) in [5.74, 6) is 0.738. The number of amides is 1. The molecule has 0 saturated heterocycles. The van der Waals surface area contributed by atoms with Crippen molar-refractivity contribution >= 4 is 23.2 Å². The van der Waals surface area contributed by atoms with Gasteiger partial charge in [0.2, 0.25) is 5.82 Å². The van der Waals surface area contributed by atoms with Crippen molar-refractivity contribution in [3.05, 3.63) is 89.2 Å². The Labute approximate surface area is 179 Å². The lowest BCUT2D eigenvalue weighted by Crippen LogP contribution is -2.14. The van der Waals surface area contributed by atoms with Crippen molar-refractivity contribution in [3.63, 3.8) is 0 Å². The van der Waals surface area contributed by atoms with Crippen molar-refractivity contribution < 1.29 is 9.53 Å². The van der Waals surface area contributed by atoms with Crippen LogP contribution >= 0.6 is 11.6 Å². The van der Waals surface area contributed by atoms with Gasteiger partial charge in [-0.15, -0.1) is 5.10 Å². The van der Waals surface area contributed by atoms with Crippen LogP contribution in [0.5, 0.6) is 5.75 Å². The van der Waals surface area contributed by atoms with E-state index in [1.165, 1.54) is 0 Å². The molecular weight excluding hydrogens is 400 g/mol. The van der Waals surface area contributed by atoms with Crippen molar-refractivity contribution in [2.45, 2.75) is 6.92 Å². The van der Waals surface area contributed by atoms with Gasteiger partial charge in [0.25, 0.3) is 5.91 Å². The molecule has 7 heteroatoms. The van der Waals surface area contributed by atoms with Crippen LogP contribution in [0.4, 0.5) is 5.69 Å². The largest absolute Gasteiger partial charge is 0.495 e. The lowest BCUT2D eigenvalue weighted by atomic mass is 10.1. The van der Waals surface area contributed by atoms with Crippen molar-refractivity contribution in [1.82, 2.24) is 14.8 Å². The van der Waals surface area contributed by atoms with Gasteiger partial charge in [-0.25, -0.2) is 9.67 Å². The molecule has 1 N–H and O–H groups in total. The number of nitrogens with one attached hydrogen (secondary N) is 1. The quantitative estimate of drug-likeness (QED) is 0.486. The highest BCUT2D eigenvalue weighted by atomic mass is 35.5. The lowest BCUT2D eigenvalue weighted by molar-refractivity contribution is 0.101. The first-order valence-corrected chi connectivity index (χ1v) is 9.67. The molecule has 0 radical (unpaired) electrons. The van der Waals surface area contributed by atoms with E-state index in [9.17, 15) is 4.79 Å². The molecule has 0 aliphatic rings. The van der Waals surface area contributed by atoms with Gasteiger partial charge in [0.15, 0.2) is 5.82 Å². The molecule has 0 unspecified atom stereocenters. The van der Waals surface area contributed by atoms with Crippen LogP contribution in [0.25, 0.3) is 17.1 Å². The molecule has 0 bridgehead atoms. The smallest absolute Gasteiger partial charge is 0.295 e. The number of carbonyl (C=O) groups is 1. The summed E-state index contributed by atoms with van der Waals surface area (Å²) in [4.78, 5) is 17.4. The summed E-state index contributed by atoms with van der Waals surface area (Å²) in [6.45, 7) is 2.00. The molecule has 1 amide bonds. The highest BCUT2D eigenvalue weighted by Crippen LogP contribution is 2.26. The predicted octanol–water partition coefficient (Wildman–Crippen LogP) is 5.16. The molecule has 3 aromatic carbocycles. The second-order valence-electron chi connectivity index (χ2n) is 6.67. The molecule has 4 rings (SSSR count). The van der Waals surface area contributed by atoms with Crippen LogP contribution in [0, 0.1) is 6.92 Å². The number of para-hydroxylation sites is 2. The Morgan fingerprint density at radius 2 is 1.80 bits per heavy atom. The Morgan fingerprint density at radius 3 is 2.53 bits per heavy atom. The first-order valence-electron chi connectivity index (χ1n) is 9.29. The van der Waals surface area contributed by atoms with E-state index in [1.807, 2.05) is 55.5 Å². The monoisotopic (exact) mass is 418 g/mol. The fourth-order valence-corrected chi connectivity index (χ4v) is 3.19. The first-order chi connectivity index (χ1) is 14.5. The van der Waals surface area contributed by atoms with Crippen LogP contribution in [0.15, 0.2) is 72.8 Å². The topological polar surface area (TPSA) is 69.0 Å². The minimum atomic E-state index is -0.430. The SMILES string of the molecule is COc1ccccc1NC(=O)c1nc(-c2cccc(C)c2)n(-c2ccc(Cl)cc2)n1. The van der Waals surface area contributed by atoms with E-state index in [4.69, 9.17) is 16.3 Å². The van der Waals surface area contributed by atoms with Crippen molar-refractivity contribution in [1.29, 1.82) is 0 Å². The zero-order valence-corrected chi connectivity index (χ0v) is 17.2. The molecular formula is C23H19ClN4O2. The average molecular weight is 419 g/mol. The van der Waals surface area contributed by atoms with E-state index in [2.05, 4.69) is 15.4 Å². The van der Waals surface area contributed by atoms with E-state index in [0.717, 1.165) is 16.8 Å². The van der Waals surface area contributed by atoms with Crippen LogP contribution < -0.4 is 10.1 Å². The number of rotatable bonds is 5. The van der Waals surface area contributed by atoms with E-state index in [0.29, 0.717) is 22.3 Å². The summed E-state index contributed by atoms with van der Waals surface area (Å²) >= 11 is 6.03. The fraction of sp³-hybridized carbons (Fsp3) is 0.0870. The zero-order chi connectivity index (χ0) is 21.1. The summed E-state index contributed by atoms with van der Waals surface area (Å²) in [6, 6.07) is 22.3. The highest BCUT2D eigenvalue weighted by molar-refractivity contribution is 6.30. The summed E-state index contributed by atoms with van der Waals surface area (Å²) in [6.07, 6.45) is 0. The number of aryl methyl sites for hydroxylation is 1. The maximum absolute atomic E-state index is 12.9. The molecule has 0 fully saturated rings. The van der Waals surface area contributed by atoms with Crippen LogP contribution in [0.2, 0.25) is 5.02 Å². The normalized spacial score (nSPS) is 10.6. The minimum Gasteiger partial charge on any atom is -0.495 e. The Morgan fingerprint density at radius 1 is 1.03 bits per heavy atom. The third kappa shape index (κ3) is 4.04. The predicted molar refractivity (Wildman–Crippen MR) is 117 cm³/mol. The number of hydrogen-bond donors (Lipinski definition) is 1. The average Bonchev–Trinajstić information content (AvgIpc) is 3.20. The number of methoxy groups -OCH3 is 1. The van der Waals surface area contributed by atoms with Crippen molar-refractivity contribution in [2.24, 2.45) is 0 Å². The van der Waals surface area contributed by atoms with Gasteiger partial charge < -0.3 is 10.1 Å². The van der Waals surface area contributed by atoms with Gasteiger partial charge >= 0.3 is 0 Å². The number of anilines is 1.